The van der Waals surface area contributed by atoms with Gasteiger partial charge in [-0.1, -0.05) is 6.92 Å². The first-order valence-corrected chi connectivity index (χ1v) is 8.33. The molecule has 3 N–H and O–H groups in total. The number of guanidine groups is 1. The van der Waals surface area contributed by atoms with E-state index in [9.17, 15) is 4.79 Å². The third kappa shape index (κ3) is 9.88. The molecule has 0 aliphatic carbocycles. The van der Waals surface area contributed by atoms with Gasteiger partial charge in [0.2, 0.25) is 0 Å². The number of aliphatic imine (C=N–C) groups is 1. The van der Waals surface area contributed by atoms with Gasteiger partial charge in [-0.25, -0.2) is 4.79 Å². The molecule has 0 bridgehead atoms. The standard InChI is InChI=1S/C16H32N4O2.HI/c1-5-9-18-14(17)19-10-8-13-7-6-11-20(12-13)15(21)22-16(2,3)4;/h13H,5-12H2,1-4H3,(H3,17,18,19);1H. The summed E-state index contributed by atoms with van der Waals surface area (Å²) in [5, 5.41) is 3.14. The van der Waals surface area contributed by atoms with Crippen LogP contribution >= 0.6 is 24.0 Å². The summed E-state index contributed by atoms with van der Waals surface area (Å²) >= 11 is 0. The van der Waals surface area contributed by atoms with Gasteiger partial charge in [0.1, 0.15) is 5.60 Å². The number of likely N-dealkylation sites (tertiary alicyclic amines) is 1. The quantitative estimate of drug-likeness (QED) is 0.392. The lowest BCUT2D eigenvalue weighted by atomic mass is 9.95. The molecule has 1 amide bonds. The summed E-state index contributed by atoms with van der Waals surface area (Å²) in [7, 11) is 0. The molecule has 6 nitrogen and oxygen atoms in total. The van der Waals surface area contributed by atoms with Crippen molar-refractivity contribution in [3.05, 3.63) is 0 Å². The SMILES string of the molecule is CCCN=C(N)NCCC1CCCN(C(=O)OC(C)(C)C)C1.I. The lowest BCUT2D eigenvalue weighted by Gasteiger charge is -2.34. The maximum Gasteiger partial charge on any atom is 0.410 e. The fourth-order valence-corrected chi connectivity index (χ4v) is 2.49. The summed E-state index contributed by atoms with van der Waals surface area (Å²) in [5.41, 5.74) is 5.34. The minimum atomic E-state index is -0.435. The second-order valence-corrected chi connectivity index (χ2v) is 6.92. The van der Waals surface area contributed by atoms with E-state index >= 15 is 0 Å². The number of nitrogens with one attached hydrogen (secondary N) is 1. The van der Waals surface area contributed by atoms with Crippen molar-refractivity contribution in [1.29, 1.82) is 0 Å². The number of ether oxygens (including phenoxy) is 1. The normalized spacial score (nSPS) is 19.0. The highest BCUT2D eigenvalue weighted by Gasteiger charge is 2.27. The van der Waals surface area contributed by atoms with Crippen LogP contribution < -0.4 is 11.1 Å². The molecular weight excluding hydrogens is 407 g/mol. The van der Waals surface area contributed by atoms with Crippen LogP contribution in [0.25, 0.3) is 0 Å². The highest BCUT2D eigenvalue weighted by molar-refractivity contribution is 14.0. The largest absolute Gasteiger partial charge is 0.444 e. The molecule has 0 aromatic carbocycles. The number of nitrogens with two attached hydrogens (primary N) is 1. The lowest BCUT2D eigenvalue weighted by molar-refractivity contribution is 0.0162. The first-order valence-electron chi connectivity index (χ1n) is 8.33. The van der Waals surface area contributed by atoms with E-state index in [1.165, 1.54) is 0 Å². The van der Waals surface area contributed by atoms with Crippen LogP contribution in [-0.2, 0) is 4.74 Å². The molecule has 0 spiro atoms. The van der Waals surface area contributed by atoms with E-state index in [4.69, 9.17) is 10.5 Å². The van der Waals surface area contributed by atoms with Gasteiger partial charge >= 0.3 is 6.09 Å². The Hall–Kier alpha value is -0.730. The summed E-state index contributed by atoms with van der Waals surface area (Å²) in [6, 6.07) is 0. The number of halogens is 1. The van der Waals surface area contributed by atoms with Crippen LogP contribution in [-0.4, -0.2) is 48.7 Å². The molecule has 0 saturated carbocycles. The second kappa shape index (κ2) is 10.9. The van der Waals surface area contributed by atoms with E-state index in [0.29, 0.717) is 11.9 Å². The molecule has 1 heterocycles. The number of nitrogens with zero attached hydrogens (tertiary/aromatic N) is 2. The van der Waals surface area contributed by atoms with E-state index in [2.05, 4.69) is 17.2 Å². The summed E-state index contributed by atoms with van der Waals surface area (Å²) in [6.07, 6.45) is 3.96. The van der Waals surface area contributed by atoms with Crippen molar-refractivity contribution in [2.45, 2.75) is 59.0 Å². The fraction of sp³-hybridized carbons (Fsp3) is 0.875. The van der Waals surface area contributed by atoms with Crippen LogP contribution in [0.5, 0.6) is 0 Å². The Morgan fingerprint density at radius 2 is 2.13 bits per heavy atom. The van der Waals surface area contributed by atoms with Crippen LogP contribution in [0.3, 0.4) is 0 Å². The van der Waals surface area contributed by atoms with Crippen molar-refractivity contribution in [1.82, 2.24) is 10.2 Å². The van der Waals surface area contributed by atoms with Crippen LogP contribution in [0.15, 0.2) is 4.99 Å². The highest BCUT2D eigenvalue weighted by Crippen LogP contribution is 2.21. The monoisotopic (exact) mass is 440 g/mol. The molecule has 23 heavy (non-hydrogen) atoms. The number of rotatable bonds is 5. The van der Waals surface area contributed by atoms with Crippen LogP contribution in [0.2, 0.25) is 0 Å². The van der Waals surface area contributed by atoms with Gasteiger partial charge in [-0.15, -0.1) is 24.0 Å². The summed E-state index contributed by atoms with van der Waals surface area (Å²) in [5.74, 6) is 1.01. The molecular formula is C16H33IN4O2. The molecule has 0 radical (unpaired) electrons. The number of hydrogen-bond acceptors (Lipinski definition) is 3. The van der Waals surface area contributed by atoms with Gasteiger partial charge in [0.05, 0.1) is 0 Å². The van der Waals surface area contributed by atoms with Crippen molar-refractivity contribution in [3.8, 4) is 0 Å². The number of piperidine rings is 1. The van der Waals surface area contributed by atoms with Gasteiger partial charge in [0, 0.05) is 26.2 Å². The number of hydrogen-bond donors (Lipinski definition) is 2. The molecule has 136 valence electrons. The molecule has 0 aromatic rings. The van der Waals surface area contributed by atoms with Crippen molar-refractivity contribution in [2.75, 3.05) is 26.2 Å². The zero-order valence-corrected chi connectivity index (χ0v) is 17.3. The fourth-order valence-electron chi connectivity index (χ4n) is 2.49. The minimum Gasteiger partial charge on any atom is -0.444 e. The third-order valence-electron chi connectivity index (χ3n) is 3.54. The molecule has 7 heteroatoms. The Bertz CT molecular complexity index is 383. The highest BCUT2D eigenvalue weighted by atomic mass is 127. The van der Waals surface area contributed by atoms with Crippen molar-refractivity contribution in [2.24, 2.45) is 16.6 Å². The van der Waals surface area contributed by atoms with Gasteiger partial charge in [-0.05, 0) is 52.4 Å². The number of amides is 1. The van der Waals surface area contributed by atoms with E-state index < -0.39 is 5.60 Å². The van der Waals surface area contributed by atoms with Crippen molar-refractivity contribution in [3.63, 3.8) is 0 Å². The zero-order chi connectivity index (χ0) is 16.6. The minimum absolute atomic E-state index is 0. The maximum absolute atomic E-state index is 12.1. The first-order chi connectivity index (χ1) is 10.3. The second-order valence-electron chi connectivity index (χ2n) is 6.92. The lowest BCUT2D eigenvalue weighted by Crippen LogP contribution is -2.43. The molecule has 1 rings (SSSR count). The first kappa shape index (κ1) is 22.3. The summed E-state index contributed by atoms with van der Waals surface area (Å²) in [6.45, 7) is 10.9. The van der Waals surface area contributed by atoms with Gasteiger partial charge in [0.25, 0.3) is 0 Å². The Morgan fingerprint density at radius 1 is 1.43 bits per heavy atom. The smallest absolute Gasteiger partial charge is 0.410 e. The Morgan fingerprint density at radius 3 is 2.74 bits per heavy atom. The average molecular weight is 440 g/mol. The summed E-state index contributed by atoms with van der Waals surface area (Å²) < 4.78 is 5.44. The van der Waals surface area contributed by atoms with Crippen LogP contribution in [0, 0.1) is 5.92 Å². The Labute approximate surface area is 157 Å². The average Bonchev–Trinajstić information content (AvgIpc) is 2.43. The molecule has 1 fully saturated rings. The van der Waals surface area contributed by atoms with E-state index in [-0.39, 0.29) is 30.1 Å². The number of carbonyl (C=O) groups excluding carboxylic acids is 1. The molecule has 1 aliphatic heterocycles. The van der Waals surface area contributed by atoms with E-state index in [1.807, 2.05) is 25.7 Å². The van der Waals surface area contributed by atoms with Crippen LogP contribution in [0.4, 0.5) is 4.79 Å². The van der Waals surface area contributed by atoms with Gasteiger partial charge in [-0.2, -0.15) is 0 Å². The third-order valence-corrected chi connectivity index (χ3v) is 3.54. The predicted octanol–water partition coefficient (Wildman–Crippen LogP) is 2.96. The van der Waals surface area contributed by atoms with Crippen LogP contribution in [0.1, 0.15) is 53.4 Å². The molecule has 0 aromatic heterocycles. The molecule has 1 aliphatic rings. The van der Waals surface area contributed by atoms with Gasteiger partial charge in [-0.3, -0.25) is 4.99 Å². The summed E-state index contributed by atoms with van der Waals surface area (Å²) in [4.78, 5) is 18.1. The van der Waals surface area contributed by atoms with Crippen molar-refractivity contribution < 1.29 is 9.53 Å². The Balaban J connectivity index is 0.00000484. The predicted molar refractivity (Wildman–Crippen MR) is 105 cm³/mol. The topological polar surface area (TPSA) is 80.0 Å². The van der Waals surface area contributed by atoms with Gasteiger partial charge in [0.15, 0.2) is 5.96 Å². The molecule has 1 unspecified atom stereocenters. The molecule has 1 atom stereocenters. The maximum atomic E-state index is 12.1. The van der Waals surface area contributed by atoms with E-state index in [0.717, 1.165) is 51.9 Å². The number of carbonyl (C=O) groups is 1. The van der Waals surface area contributed by atoms with Gasteiger partial charge < -0.3 is 20.7 Å². The van der Waals surface area contributed by atoms with E-state index in [1.54, 1.807) is 0 Å². The zero-order valence-electron chi connectivity index (χ0n) is 14.9. The van der Waals surface area contributed by atoms with Crippen molar-refractivity contribution >= 4 is 36.0 Å². The molecule has 1 saturated heterocycles. The Kier molecular flexibility index (Phi) is 10.6.